The molecule has 1 amide bonds. The minimum Gasteiger partial charge on any atom is -0.482 e. The minimum atomic E-state index is -0.116. The van der Waals surface area contributed by atoms with Crippen molar-refractivity contribution in [3.8, 4) is 5.75 Å². The van der Waals surface area contributed by atoms with E-state index in [0.29, 0.717) is 23.3 Å². The maximum Gasteiger partial charge on any atom is 0.262 e. The van der Waals surface area contributed by atoms with Crippen LogP contribution in [0.3, 0.4) is 0 Å². The number of carbonyl (C=O) groups is 1. The van der Waals surface area contributed by atoms with E-state index in [2.05, 4.69) is 24.1 Å². The van der Waals surface area contributed by atoms with Crippen molar-refractivity contribution < 1.29 is 9.53 Å². The highest BCUT2D eigenvalue weighted by Crippen LogP contribution is 2.39. The van der Waals surface area contributed by atoms with E-state index in [1.165, 1.54) is 6.42 Å². The zero-order chi connectivity index (χ0) is 14.3. The average molecular weight is 275 g/mol. The number of hydrogen-bond acceptors (Lipinski definition) is 4. The number of anilines is 3. The van der Waals surface area contributed by atoms with Crippen LogP contribution in [0.1, 0.15) is 20.3 Å². The highest BCUT2D eigenvalue weighted by atomic mass is 16.5. The lowest BCUT2D eigenvalue weighted by Gasteiger charge is -2.25. The molecule has 3 rings (SSSR count). The molecule has 1 unspecified atom stereocenters. The molecule has 0 saturated carbocycles. The topological polar surface area (TPSA) is 67.6 Å². The van der Waals surface area contributed by atoms with Gasteiger partial charge in [0, 0.05) is 19.2 Å². The van der Waals surface area contributed by atoms with Crippen molar-refractivity contribution in [2.45, 2.75) is 20.3 Å². The molecule has 3 N–H and O–H groups in total. The van der Waals surface area contributed by atoms with Crippen molar-refractivity contribution >= 4 is 23.0 Å². The fourth-order valence-electron chi connectivity index (χ4n) is 2.95. The first-order chi connectivity index (χ1) is 9.54. The summed E-state index contributed by atoms with van der Waals surface area (Å²) in [6.45, 7) is 6.62. The lowest BCUT2D eigenvalue weighted by molar-refractivity contribution is -0.118. The SMILES string of the molecule is CC(C)C1CCN(c2cc3c(cc2N)OCC(=O)N3)C1. The van der Waals surface area contributed by atoms with Crippen LogP contribution in [0.25, 0.3) is 0 Å². The van der Waals surface area contributed by atoms with Crippen LogP contribution in [0.15, 0.2) is 12.1 Å². The van der Waals surface area contributed by atoms with Gasteiger partial charge in [0.1, 0.15) is 5.75 Å². The van der Waals surface area contributed by atoms with E-state index < -0.39 is 0 Å². The Morgan fingerprint density at radius 2 is 2.25 bits per heavy atom. The zero-order valence-corrected chi connectivity index (χ0v) is 12.0. The summed E-state index contributed by atoms with van der Waals surface area (Å²) >= 11 is 0. The Bertz CT molecular complexity index is 542. The maximum atomic E-state index is 11.4. The third-order valence-electron chi connectivity index (χ3n) is 4.27. The fraction of sp³-hybridized carbons (Fsp3) is 0.533. The summed E-state index contributed by atoms with van der Waals surface area (Å²) in [6.07, 6.45) is 1.19. The number of benzene rings is 1. The molecule has 0 aromatic heterocycles. The van der Waals surface area contributed by atoms with Gasteiger partial charge in [-0.25, -0.2) is 0 Å². The smallest absolute Gasteiger partial charge is 0.262 e. The van der Waals surface area contributed by atoms with Gasteiger partial charge in [0.25, 0.3) is 5.91 Å². The molecule has 1 saturated heterocycles. The Labute approximate surface area is 119 Å². The van der Waals surface area contributed by atoms with Gasteiger partial charge in [-0.05, 0) is 24.3 Å². The van der Waals surface area contributed by atoms with Gasteiger partial charge in [0.15, 0.2) is 6.61 Å². The predicted octanol–water partition coefficient (Wildman–Crippen LogP) is 2.08. The molecule has 0 spiro atoms. The number of nitrogen functional groups attached to an aromatic ring is 1. The Morgan fingerprint density at radius 1 is 1.45 bits per heavy atom. The van der Waals surface area contributed by atoms with Crippen molar-refractivity contribution in [1.82, 2.24) is 0 Å². The highest BCUT2D eigenvalue weighted by Gasteiger charge is 2.27. The van der Waals surface area contributed by atoms with Gasteiger partial charge in [-0.2, -0.15) is 0 Å². The van der Waals surface area contributed by atoms with Crippen LogP contribution < -0.4 is 20.7 Å². The van der Waals surface area contributed by atoms with Gasteiger partial charge >= 0.3 is 0 Å². The summed E-state index contributed by atoms with van der Waals surface area (Å²) in [4.78, 5) is 13.7. The molecular weight excluding hydrogens is 254 g/mol. The summed E-state index contributed by atoms with van der Waals surface area (Å²) in [6, 6.07) is 3.75. The van der Waals surface area contributed by atoms with Gasteiger partial charge in [-0.15, -0.1) is 0 Å². The third kappa shape index (κ3) is 2.28. The van der Waals surface area contributed by atoms with E-state index in [-0.39, 0.29) is 12.5 Å². The molecule has 1 aromatic rings. The zero-order valence-electron chi connectivity index (χ0n) is 12.0. The molecule has 2 heterocycles. The fourth-order valence-corrected chi connectivity index (χ4v) is 2.95. The molecule has 2 aliphatic rings. The number of ether oxygens (including phenoxy) is 1. The molecule has 2 aliphatic heterocycles. The largest absolute Gasteiger partial charge is 0.482 e. The van der Waals surface area contributed by atoms with Gasteiger partial charge in [-0.3, -0.25) is 4.79 Å². The first kappa shape index (κ1) is 13.1. The first-order valence-electron chi connectivity index (χ1n) is 7.15. The van der Waals surface area contributed by atoms with Crippen LogP contribution in [0.2, 0.25) is 0 Å². The number of nitrogens with two attached hydrogens (primary N) is 1. The van der Waals surface area contributed by atoms with Crippen molar-refractivity contribution in [3.63, 3.8) is 0 Å². The van der Waals surface area contributed by atoms with E-state index in [1.807, 2.05) is 12.1 Å². The number of amides is 1. The second-order valence-electron chi connectivity index (χ2n) is 5.98. The second kappa shape index (κ2) is 4.89. The number of nitrogens with one attached hydrogen (secondary N) is 1. The van der Waals surface area contributed by atoms with Gasteiger partial charge in [0.05, 0.1) is 17.1 Å². The normalized spacial score (nSPS) is 21.6. The lowest BCUT2D eigenvalue weighted by atomic mass is 9.95. The maximum absolute atomic E-state index is 11.4. The molecule has 0 aliphatic carbocycles. The quantitative estimate of drug-likeness (QED) is 0.811. The summed E-state index contributed by atoms with van der Waals surface area (Å²) in [7, 11) is 0. The summed E-state index contributed by atoms with van der Waals surface area (Å²) in [5, 5.41) is 2.84. The van der Waals surface area contributed by atoms with Crippen LogP contribution in [0.4, 0.5) is 17.1 Å². The number of fused-ring (bicyclic) bond motifs is 1. The summed E-state index contributed by atoms with van der Waals surface area (Å²) < 4.78 is 5.38. The Morgan fingerprint density at radius 3 is 2.95 bits per heavy atom. The number of nitrogens with zero attached hydrogens (tertiary/aromatic N) is 1. The molecule has 5 nitrogen and oxygen atoms in total. The Balaban J connectivity index is 1.87. The molecule has 0 bridgehead atoms. The van der Waals surface area contributed by atoms with Crippen LogP contribution >= 0.6 is 0 Å². The van der Waals surface area contributed by atoms with Crippen LogP contribution in [-0.2, 0) is 4.79 Å². The minimum absolute atomic E-state index is 0.0604. The van der Waals surface area contributed by atoms with E-state index in [0.717, 1.165) is 24.5 Å². The summed E-state index contributed by atoms with van der Waals surface area (Å²) in [5.74, 6) is 1.93. The summed E-state index contributed by atoms with van der Waals surface area (Å²) in [5.41, 5.74) is 8.58. The Hall–Kier alpha value is -1.91. The molecular formula is C15H21N3O2. The standard InChI is InChI=1S/C15H21N3O2/c1-9(2)10-3-4-18(7-10)13-6-12-14(5-11(13)16)20-8-15(19)17-12/h5-6,9-10H,3-4,7-8,16H2,1-2H3,(H,17,19). The van der Waals surface area contributed by atoms with E-state index in [4.69, 9.17) is 10.5 Å². The molecule has 1 fully saturated rings. The van der Waals surface area contributed by atoms with Crippen molar-refractivity contribution in [2.75, 3.05) is 35.6 Å². The molecule has 5 heteroatoms. The van der Waals surface area contributed by atoms with Crippen LogP contribution in [0.5, 0.6) is 5.75 Å². The molecule has 108 valence electrons. The average Bonchev–Trinajstić information content (AvgIpc) is 2.88. The van der Waals surface area contributed by atoms with Crippen molar-refractivity contribution in [2.24, 2.45) is 11.8 Å². The lowest BCUT2D eigenvalue weighted by Crippen LogP contribution is -2.27. The molecule has 1 aromatic carbocycles. The monoisotopic (exact) mass is 275 g/mol. The van der Waals surface area contributed by atoms with Gasteiger partial charge < -0.3 is 20.7 Å². The predicted molar refractivity (Wildman–Crippen MR) is 80.1 cm³/mol. The van der Waals surface area contributed by atoms with Gasteiger partial charge in [-0.1, -0.05) is 13.8 Å². The van der Waals surface area contributed by atoms with Gasteiger partial charge in [0.2, 0.25) is 0 Å². The first-order valence-corrected chi connectivity index (χ1v) is 7.15. The number of hydrogen-bond donors (Lipinski definition) is 2. The van der Waals surface area contributed by atoms with Crippen molar-refractivity contribution in [3.05, 3.63) is 12.1 Å². The Kier molecular flexibility index (Phi) is 3.20. The number of carbonyl (C=O) groups excluding carboxylic acids is 1. The third-order valence-corrected chi connectivity index (χ3v) is 4.27. The molecule has 1 atom stereocenters. The molecule has 0 radical (unpaired) electrons. The van der Waals surface area contributed by atoms with Crippen molar-refractivity contribution in [1.29, 1.82) is 0 Å². The van der Waals surface area contributed by atoms with E-state index in [1.54, 1.807) is 0 Å². The second-order valence-corrected chi connectivity index (χ2v) is 5.98. The van der Waals surface area contributed by atoms with E-state index >= 15 is 0 Å². The van der Waals surface area contributed by atoms with Crippen LogP contribution in [-0.4, -0.2) is 25.6 Å². The number of rotatable bonds is 2. The molecule has 20 heavy (non-hydrogen) atoms. The van der Waals surface area contributed by atoms with E-state index in [9.17, 15) is 4.79 Å². The highest BCUT2D eigenvalue weighted by molar-refractivity contribution is 5.97. The van der Waals surface area contributed by atoms with Crippen LogP contribution in [0, 0.1) is 11.8 Å².